The van der Waals surface area contributed by atoms with E-state index in [1.54, 1.807) is 6.20 Å². The molecule has 3 rings (SSSR count). The summed E-state index contributed by atoms with van der Waals surface area (Å²) >= 11 is 3.29. The molecule has 0 saturated heterocycles. The minimum atomic E-state index is 0.540. The van der Waals surface area contributed by atoms with E-state index in [1.807, 2.05) is 37.3 Å². The highest BCUT2D eigenvalue weighted by Gasteiger charge is 2.06. The van der Waals surface area contributed by atoms with Gasteiger partial charge in [0.05, 0.1) is 17.1 Å². The largest absolute Gasteiger partial charge is 0.437 e. The highest BCUT2D eigenvalue weighted by atomic mass is 79.9. The number of hydrogen-bond acceptors (Lipinski definition) is 4. The van der Waals surface area contributed by atoms with Crippen molar-refractivity contribution in [1.82, 2.24) is 15.0 Å². The average molecular weight is 316 g/mol. The van der Waals surface area contributed by atoms with E-state index < -0.39 is 0 Å². The van der Waals surface area contributed by atoms with Crippen LogP contribution in [0.5, 0.6) is 11.6 Å². The van der Waals surface area contributed by atoms with E-state index in [0.717, 1.165) is 21.1 Å². The van der Waals surface area contributed by atoms with Crippen molar-refractivity contribution in [2.45, 2.75) is 6.92 Å². The second kappa shape index (κ2) is 4.93. The van der Waals surface area contributed by atoms with Gasteiger partial charge in [-0.3, -0.25) is 0 Å². The van der Waals surface area contributed by atoms with Crippen molar-refractivity contribution >= 4 is 26.8 Å². The Kier molecular flexibility index (Phi) is 3.13. The number of aromatic nitrogens is 3. The summed E-state index contributed by atoms with van der Waals surface area (Å²) in [5.41, 5.74) is 2.00. The van der Waals surface area contributed by atoms with Gasteiger partial charge in [0.2, 0.25) is 5.88 Å². The molecular formula is C14H10BrN3O. The van der Waals surface area contributed by atoms with Gasteiger partial charge in [0.25, 0.3) is 0 Å². The van der Waals surface area contributed by atoms with E-state index in [2.05, 4.69) is 30.9 Å². The van der Waals surface area contributed by atoms with Crippen LogP contribution in [0.1, 0.15) is 5.56 Å². The number of ether oxygens (including phenoxy) is 1. The first kappa shape index (κ1) is 12.0. The molecule has 0 N–H and O–H groups in total. The number of aryl methyl sites for hydroxylation is 1. The zero-order valence-electron chi connectivity index (χ0n) is 10.2. The summed E-state index contributed by atoms with van der Waals surface area (Å²) in [5.74, 6) is 1.18. The van der Waals surface area contributed by atoms with Crippen LogP contribution < -0.4 is 4.74 Å². The third-order valence-corrected chi connectivity index (χ3v) is 3.14. The zero-order chi connectivity index (χ0) is 13.2. The molecule has 0 saturated carbocycles. The third-order valence-electron chi connectivity index (χ3n) is 2.67. The normalized spacial score (nSPS) is 10.6. The first-order valence-corrected chi connectivity index (χ1v) is 6.52. The van der Waals surface area contributed by atoms with E-state index in [1.165, 1.54) is 6.33 Å². The Bertz CT molecular complexity index is 728. The van der Waals surface area contributed by atoms with Gasteiger partial charge in [-0.05, 0) is 47.1 Å². The van der Waals surface area contributed by atoms with Gasteiger partial charge in [-0.2, -0.15) is 0 Å². The fraction of sp³-hybridized carbons (Fsp3) is 0.0714. The van der Waals surface area contributed by atoms with Gasteiger partial charge in [-0.1, -0.05) is 11.6 Å². The average Bonchev–Trinajstić information content (AvgIpc) is 2.42. The summed E-state index contributed by atoms with van der Waals surface area (Å²) in [6.07, 6.45) is 3.15. The summed E-state index contributed by atoms with van der Waals surface area (Å²) in [6.45, 7) is 2.03. The highest BCUT2D eigenvalue weighted by molar-refractivity contribution is 9.10. The van der Waals surface area contributed by atoms with Crippen molar-refractivity contribution in [2.75, 3.05) is 0 Å². The van der Waals surface area contributed by atoms with Crippen LogP contribution in [-0.4, -0.2) is 15.0 Å². The molecule has 3 aromatic rings. The van der Waals surface area contributed by atoms with E-state index in [0.29, 0.717) is 11.6 Å². The maximum atomic E-state index is 5.77. The highest BCUT2D eigenvalue weighted by Crippen LogP contribution is 2.27. The molecular weight excluding hydrogens is 306 g/mol. The Morgan fingerprint density at radius 1 is 1.05 bits per heavy atom. The molecule has 0 spiro atoms. The Labute approximate surface area is 118 Å². The van der Waals surface area contributed by atoms with E-state index in [-0.39, 0.29) is 0 Å². The molecule has 0 aliphatic rings. The van der Waals surface area contributed by atoms with E-state index >= 15 is 0 Å². The Morgan fingerprint density at radius 2 is 1.95 bits per heavy atom. The summed E-state index contributed by atoms with van der Waals surface area (Å²) < 4.78 is 6.53. The summed E-state index contributed by atoms with van der Waals surface area (Å²) in [4.78, 5) is 12.5. The number of hydrogen-bond donors (Lipinski definition) is 0. The number of fused-ring (bicyclic) bond motifs is 1. The molecule has 0 bridgehead atoms. The lowest BCUT2D eigenvalue weighted by Crippen LogP contribution is -1.92. The van der Waals surface area contributed by atoms with Gasteiger partial charge in [-0.15, -0.1) is 0 Å². The molecule has 5 heteroatoms. The second-order valence-electron chi connectivity index (χ2n) is 4.12. The zero-order valence-corrected chi connectivity index (χ0v) is 11.8. The number of benzene rings is 1. The van der Waals surface area contributed by atoms with Crippen molar-refractivity contribution in [2.24, 2.45) is 0 Å². The molecule has 0 fully saturated rings. The topological polar surface area (TPSA) is 47.9 Å². The maximum absolute atomic E-state index is 5.77. The predicted octanol–water partition coefficient (Wildman–Crippen LogP) is 3.89. The van der Waals surface area contributed by atoms with Crippen LogP contribution in [0, 0.1) is 6.92 Å². The van der Waals surface area contributed by atoms with E-state index in [4.69, 9.17) is 4.74 Å². The SMILES string of the molecule is Cc1ccc2ncnc(Oc3ccc(Br)nc3)c2c1. The second-order valence-corrected chi connectivity index (χ2v) is 4.93. The summed E-state index contributed by atoms with van der Waals surface area (Å²) in [7, 11) is 0. The van der Waals surface area contributed by atoms with Gasteiger partial charge >= 0.3 is 0 Å². The number of pyridine rings is 1. The third kappa shape index (κ3) is 2.56. The van der Waals surface area contributed by atoms with Crippen LogP contribution in [0.25, 0.3) is 10.9 Å². The Hall–Kier alpha value is -2.01. The molecule has 0 atom stereocenters. The van der Waals surface area contributed by atoms with Gasteiger partial charge in [0, 0.05) is 0 Å². The lowest BCUT2D eigenvalue weighted by molar-refractivity contribution is 0.465. The number of rotatable bonds is 2. The molecule has 2 aromatic heterocycles. The van der Waals surface area contributed by atoms with Crippen LogP contribution in [0.3, 0.4) is 0 Å². The fourth-order valence-corrected chi connectivity index (χ4v) is 2.00. The molecule has 0 amide bonds. The lowest BCUT2D eigenvalue weighted by atomic mass is 10.2. The Morgan fingerprint density at radius 3 is 2.74 bits per heavy atom. The first-order valence-electron chi connectivity index (χ1n) is 5.73. The van der Waals surface area contributed by atoms with Crippen molar-refractivity contribution in [1.29, 1.82) is 0 Å². The summed E-state index contributed by atoms with van der Waals surface area (Å²) in [6, 6.07) is 9.64. The smallest absolute Gasteiger partial charge is 0.230 e. The molecule has 19 heavy (non-hydrogen) atoms. The van der Waals surface area contributed by atoms with Crippen LogP contribution in [0.4, 0.5) is 0 Å². The molecule has 0 radical (unpaired) electrons. The molecule has 0 aliphatic carbocycles. The molecule has 1 aromatic carbocycles. The number of halogens is 1. The van der Waals surface area contributed by atoms with Crippen LogP contribution in [-0.2, 0) is 0 Å². The van der Waals surface area contributed by atoms with Gasteiger partial charge in [0.1, 0.15) is 16.7 Å². The van der Waals surface area contributed by atoms with Gasteiger partial charge in [0.15, 0.2) is 0 Å². The summed E-state index contributed by atoms with van der Waals surface area (Å²) in [5, 5.41) is 0.894. The van der Waals surface area contributed by atoms with E-state index in [9.17, 15) is 0 Å². The van der Waals surface area contributed by atoms with Crippen LogP contribution >= 0.6 is 15.9 Å². The lowest BCUT2D eigenvalue weighted by Gasteiger charge is -2.07. The maximum Gasteiger partial charge on any atom is 0.230 e. The van der Waals surface area contributed by atoms with Crippen molar-refractivity contribution in [3.8, 4) is 11.6 Å². The van der Waals surface area contributed by atoms with Crippen molar-refractivity contribution < 1.29 is 4.74 Å². The molecule has 0 unspecified atom stereocenters. The van der Waals surface area contributed by atoms with Gasteiger partial charge < -0.3 is 4.74 Å². The molecule has 2 heterocycles. The monoisotopic (exact) mass is 315 g/mol. The molecule has 4 nitrogen and oxygen atoms in total. The van der Waals surface area contributed by atoms with Crippen molar-refractivity contribution in [3.63, 3.8) is 0 Å². The number of nitrogens with zero attached hydrogens (tertiary/aromatic N) is 3. The Balaban J connectivity index is 2.05. The molecule has 94 valence electrons. The first-order chi connectivity index (χ1) is 9.22. The van der Waals surface area contributed by atoms with Crippen molar-refractivity contribution in [3.05, 3.63) is 53.0 Å². The fourth-order valence-electron chi connectivity index (χ4n) is 1.76. The standard InChI is InChI=1S/C14H10BrN3O/c1-9-2-4-12-11(6-9)14(18-8-17-12)19-10-3-5-13(15)16-7-10/h2-8H,1H3. The molecule has 0 aliphatic heterocycles. The quantitative estimate of drug-likeness (QED) is 0.673. The van der Waals surface area contributed by atoms with Crippen LogP contribution in [0.15, 0.2) is 47.5 Å². The minimum absolute atomic E-state index is 0.540. The van der Waals surface area contributed by atoms with Crippen LogP contribution in [0.2, 0.25) is 0 Å². The van der Waals surface area contributed by atoms with Gasteiger partial charge in [-0.25, -0.2) is 15.0 Å². The predicted molar refractivity (Wildman–Crippen MR) is 76.3 cm³/mol. The minimum Gasteiger partial charge on any atom is -0.437 e.